The van der Waals surface area contributed by atoms with Crippen molar-refractivity contribution in [2.75, 3.05) is 0 Å². The number of nitrogens with zero attached hydrogens (tertiary/aromatic N) is 3. The molecule has 0 aliphatic heterocycles. The van der Waals surface area contributed by atoms with Gasteiger partial charge < -0.3 is 14.7 Å². The van der Waals surface area contributed by atoms with Crippen molar-refractivity contribution >= 4 is 12.2 Å². The Bertz CT molecular complexity index is 1670. The Kier molecular flexibility index (Phi) is 6.88. The summed E-state index contributed by atoms with van der Waals surface area (Å²) in [7, 11) is 0. The second-order valence-electron chi connectivity index (χ2n) is 11.0. The minimum Gasteiger partial charge on any atom is -0.368 e. The number of unbranched alkanes of at least 4 members (excludes halogenated alkanes) is 1. The van der Waals surface area contributed by atoms with Crippen LogP contribution in [0.15, 0.2) is 63.7 Å². The van der Waals surface area contributed by atoms with Gasteiger partial charge in [0.1, 0.15) is 23.2 Å². The summed E-state index contributed by atoms with van der Waals surface area (Å²) in [5.41, 5.74) is 0.888. The fourth-order valence-corrected chi connectivity index (χ4v) is 5.92. The molecule has 4 atom stereocenters. The summed E-state index contributed by atoms with van der Waals surface area (Å²) in [6.45, 7) is 1.97. The van der Waals surface area contributed by atoms with Crippen LogP contribution >= 0.6 is 0 Å². The van der Waals surface area contributed by atoms with Crippen LogP contribution in [-0.4, -0.2) is 31.2 Å². The molecule has 3 aromatic rings. The van der Waals surface area contributed by atoms with Gasteiger partial charge in [0.05, 0.1) is 21.8 Å². The molecular formula is C31H31F2N3O4. The molecule has 7 nitrogen and oxygen atoms in total. The number of halogens is 2. The average Bonchev–Trinajstić information content (AvgIpc) is 3.43. The van der Waals surface area contributed by atoms with E-state index in [9.17, 15) is 23.8 Å². The van der Waals surface area contributed by atoms with Crippen LogP contribution in [0, 0.1) is 11.7 Å². The molecule has 2 aromatic heterocycles. The zero-order valence-electron chi connectivity index (χ0n) is 22.1. The van der Waals surface area contributed by atoms with Gasteiger partial charge in [-0.15, -0.1) is 0 Å². The molecule has 1 aromatic carbocycles. The first kappa shape index (κ1) is 26.5. The third-order valence-electron chi connectivity index (χ3n) is 8.32. The van der Waals surface area contributed by atoms with E-state index in [-0.39, 0.29) is 41.4 Å². The SMILES string of the molecule is CC(c1ccc(F)cc1)c1cc(C2C=c3nc(CCCCC(O)O)n(C45C=CC(F)=CC4C5)c(=O)c3=CC2)no1. The zero-order valence-corrected chi connectivity index (χ0v) is 22.1. The van der Waals surface area contributed by atoms with Gasteiger partial charge in [0, 0.05) is 30.2 Å². The third kappa shape index (κ3) is 4.88. The highest BCUT2D eigenvalue weighted by molar-refractivity contribution is 5.46. The fraction of sp³-hybridized carbons (Fsp3) is 0.387. The molecule has 0 bridgehead atoms. The van der Waals surface area contributed by atoms with Gasteiger partial charge in [-0.1, -0.05) is 36.4 Å². The molecule has 2 heterocycles. The van der Waals surface area contributed by atoms with E-state index < -0.39 is 11.8 Å². The number of allylic oxidation sites excluding steroid dienone is 4. The van der Waals surface area contributed by atoms with Gasteiger partial charge in [0.2, 0.25) is 0 Å². The van der Waals surface area contributed by atoms with E-state index in [0.29, 0.717) is 54.3 Å². The summed E-state index contributed by atoms with van der Waals surface area (Å²) in [6, 6.07) is 8.20. The maximum atomic E-state index is 13.9. The molecule has 3 aliphatic rings. The number of hydrogen-bond donors (Lipinski definition) is 2. The largest absolute Gasteiger partial charge is 0.368 e. The van der Waals surface area contributed by atoms with E-state index in [4.69, 9.17) is 9.51 Å². The fourth-order valence-electron chi connectivity index (χ4n) is 5.92. The van der Waals surface area contributed by atoms with Crippen molar-refractivity contribution < 1.29 is 23.5 Å². The van der Waals surface area contributed by atoms with E-state index in [1.54, 1.807) is 28.9 Å². The number of aliphatic hydroxyl groups excluding tert-OH is 1. The number of aliphatic hydroxyl groups is 2. The van der Waals surface area contributed by atoms with Crippen LogP contribution < -0.4 is 16.1 Å². The molecular weight excluding hydrogens is 516 g/mol. The van der Waals surface area contributed by atoms with Crippen LogP contribution in [0.2, 0.25) is 0 Å². The Morgan fingerprint density at radius 1 is 1.18 bits per heavy atom. The summed E-state index contributed by atoms with van der Waals surface area (Å²) in [4.78, 5) is 18.8. The van der Waals surface area contributed by atoms with Gasteiger partial charge in [-0.3, -0.25) is 9.36 Å². The summed E-state index contributed by atoms with van der Waals surface area (Å²) < 4.78 is 34.6. The van der Waals surface area contributed by atoms with Crippen molar-refractivity contribution in [1.29, 1.82) is 0 Å². The lowest BCUT2D eigenvalue weighted by molar-refractivity contribution is -0.0465. The van der Waals surface area contributed by atoms with E-state index in [0.717, 1.165) is 11.3 Å². The van der Waals surface area contributed by atoms with Gasteiger partial charge >= 0.3 is 0 Å². The van der Waals surface area contributed by atoms with Crippen molar-refractivity contribution in [3.05, 3.63) is 104 Å². The maximum Gasteiger partial charge on any atom is 0.261 e. The van der Waals surface area contributed by atoms with Crippen LogP contribution in [0.3, 0.4) is 0 Å². The molecule has 0 amide bonds. The Morgan fingerprint density at radius 3 is 2.73 bits per heavy atom. The molecule has 0 radical (unpaired) electrons. The van der Waals surface area contributed by atoms with E-state index >= 15 is 0 Å². The second-order valence-corrected chi connectivity index (χ2v) is 11.0. The van der Waals surface area contributed by atoms with Crippen LogP contribution in [0.1, 0.15) is 73.7 Å². The second kappa shape index (κ2) is 10.4. The molecule has 6 rings (SSSR count). The standard InChI is InChI=1S/C31H31F2N3O4/c1-18(19-6-9-22(32)10-7-19)27-16-25(35-40-27)20-8-11-24-26(14-20)34-28(4-2-3-5-29(37)38)36(30(24)39)31-13-12-23(33)15-21(31)17-31/h6-7,9-16,18,20-21,29,37-38H,2-5,8,17H2,1H3. The van der Waals surface area contributed by atoms with Crippen LogP contribution in [0.25, 0.3) is 12.2 Å². The minimum atomic E-state index is -1.37. The van der Waals surface area contributed by atoms with Gasteiger partial charge in [-0.25, -0.2) is 13.8 Å². The molecule has 208 valence electrons. The molecule has 1 fully saturated rings. The van der Waals surface area contributed by atoms with Crippen molar-refractivity contribution in [3.8, 4) is 0 Å². The Hall–Kier alpha value is -3.69. The van der Waals surface area contributed by atoms with Crippen molar-refractivity contribution in [1.82, 2.24) is 14.7 Å². The molecule has 4 unspecified atom stereocenters. The Balaban J connectivity index is 1.33. The van der Waals surface area contributed by atoms with Gasteiger partial charge in [-0.05, 0) is 68.0 Å². The zero-order chi connectivity index (χ0) is 28.0. The number of benzene rings is 1. The highest BCUT2D eigenvalue weighted by atomic mass is 19.1. The molecule has 2 N–H and O–H groups in total. The number of aryl methyl sites for hydroxylation is 1. The molecule has 0 spiro atoms. The van der Waals surface area contributed by atoms with Crippen LogP contribution in [0.5, 0.6) is 0 Å². The van der Waals surface area contributed by atoms with Crippen molar-refractivity contribution in [3.63, 3.8) is 0 Å². The smallest absolute Gasteiger partial charge is 0.261 e. The van der Waals surface area contributed by atoms with E-state index in [1.807, 2.05) is 25.1 Å². The van der Waals surface area contributed by atoms with Crippen molar-refractivity contribution in [2.24, 2.45) is 5.92 Å². The first-order chi connectivity index (χ1) is 19.2. The number of aromatic nitrogens is 3. The van der Waals surface area contributed by atoms with Crippen molar-refractivity contribution in [2.45, 2.75) is 69.1 Å². The lowest BCUT2D eigenvalue weighted by Crippen LogP contribution is -2.52. The third-order valence-corrected chi connectivity index (χ3v) is 8.32. The van der Waals surface area contributed by atoms with Gasteiger partial charge in [0.15, 0.2) is 6.29 Å². The summed E-state index contributed by atoms with van der Waals surface area (Å²) in [6.07, 6.45) is 10.3. The number of rotatable bonds is 9. The highest BCUT2D eigenvalue weighted by Gasteiger charge is 2.55. The molecule has 1 saturated carbocycles. The van der Waals surface area contributed by atoms with E-state index in [2.05, 4.69) is 5.16 Å². The first-order valence-electron chi connectivity index (χ1n) is 13.7. The lowest BCUT2D eigenvalue weighted by Gasteiger charge is -2.23. The molecule has 9 heteroatoms. The summed E-state index contributed by atoms with van der Waals surface area (Å²) in [5.74, 6) is 0.351. The van der Waals surface area contributed by atoms with Crippen LogP contribution in [0.4, 0.5) is 8.78 Å². The van der Waals surface area contributed by atoms with Gasteiger partial charge in [0.25, 0.3) is 5.56 Å². The maximum absolute atomic E-state index is 13.9. The summed E-state index contributed by atoms with van der Waals surface area (Å²) >= 11 is 0. The quantitative estimate of drug-likeness (QED) is 0.315. The van der Waals surface area contributed by atoms with Crippen LogP contribution in [-0.2, 0) is 12.0 Å². The normalized spacial score (nSPS) is 23.6. The Labute approximate surface area is 229 Å². The number of fused-ring (bicyclic) bond motifs is 2. The first-order valence-corrected chi connectivity index (χ1v) is 13.7. The summed E-state index contributed by atoms with van der Waals surface area (Å²) in [5, 5.41) is 23.9. The lowest BCUT2D eigenvalue weighted by atomic mass is 9.94. The topological polar surface area (TPSA) is 101 Å². The molecule has 0 saturated heterocycles. The monoisotopic (exact) mass is 547 g/mol. The molecule has 40 heavy (non-hydrogen) atoms. The van der Waals surface area contributed by atoms with E-state index in [1.165, 1.54) is 18.2 Å². The predicted octanol–water partition coefficient (Wildman–Crippen LogP) is 3.43. The Morgan fingerprint density at radius 2 is 1.98 bits per heavy atom. The predicted molar refractivity (Wildman–Crippen MR) is 145 cm³/mol. The number of hydrogen-bond acceptors (Lipinski definition) is 6. The minimum absolute atomic E-state index is 0.0926. The average molecular weight is 548 g/mol. The van der Waals surface area contributed by atoms with Gasteiger partial charge in [-0.2, -0.15) is 0 Å². The highest BCUT2D eigenvalue weighted by Crippen LogP contribution is 2.54. The molecule has 3 aliphatic carbocycles.